The van der Waals surface area contributed by atoms with Crippen molar-refractivity contribution in [1.82, 2.24) is 10.6 Å². The van der Waals surface area contributed by atoms with Crippen LogP contribution in [0.1, 0.15) is 49.4 Å². The van der Waals surface area contributed by atoms with Crippen molar-refractivity contribution in [2.24, 2.45) is 0 Å². The van der Waals surface area contributed by atoms with E-state index in [1.165, 1.54) is 0 Å². The van der Waals surface area contributed by atoms with E-state index in [4.69, 9.17) is 19.3 Å². The van der Waals surface area contributed by atoms with E-state index >= 15 is 0 Å². The lowest BCUT2D eigenvalue weighted by Gasteiger charge is -2.18. The summed E-state index contributed by atoms with van der Waals surface area (Å²) in [5.74, 6) is -0.649. The van der Waals surface area contributed by atoms with Gasteiger partial charge in [-0.1, -0.05) is 25.5 Å². The molecule has 2 aromatic rings. The van der Waals surface area contributed by atoms with Crippen molar-refractivity contribution in [2.75, 3.05) is 13.7 Å². The Hall–Kier alpha value is -3.82. The number of rotatable bonds is 14. The average molecular weight is 475 g/mol. The largest absolute Gasteiger partial charge is 0.497 e. The van der Waals surface area contributed by atoms with Gasteiger partial charge in [0.15, 0.2) is 0 Å². The predicted molar refractivity (Wildman–Crippen MR) is 124 cm³/mol. The summed E-state index contributed by atoms with van der Waals surface area (Å²) in [7, 11) is 1.60. The highest BCUT2D eigenvalue weighted by molar-refractivity contribution is 5.98. The molecule has 0 saturated carbocycles. The molecule has 2 rings (SSSR count). The lowest BCUT2D eigenvalue weighted by atomic mass is 10.1. The fourth-order valence-corrected chi connectivity index (χ4v) is 3.29. The summed E-state index contributed by atoms with van der Waals surface area (Å²) in [4.78, 5) is 46.2. The number of ether oxygens (including phenoxy) is 3. The van der Waals surface area contributed by atoms with E-state index < -0.39 is 24.4 Å². The molecule has 2 aromatic carbocycles. The Balaban J connectivity index is 1.77. The van der Waals surface area contributed by atoms with Crippen molar-refractivity contribution in [3.05, 3.63) is 42.0 Å². The van der Waals surface area contributed by atoms with Gasteiger partial charge in [0.1, 0.15) is 11.8 Å². The molecule has 0 spiro atoms. The second-order valence-electron chi connectivity index (χ2n) is 7.57. The van der Waals surface area contributed by atoms with Crippen LogP contribution in [0.2, 0.25) is 0 Å². The van der Waals surface area contributed by atoms with Gasteiger partial charge in [0.05, 0.1) is 7.11 Å². The Bertz CT molecular complexity index is 994. The van der Waals surface area contributed by atoms with Crippen LogP contribution < -0.4 is 15.4 Å². The number of fused-ring (bicyclic) bond motifs is 1. The van der Waals surface area contributed by atoms with Gasteiger partial charge in [-0.2, -0.15) is 0 Å². The molecule has 0 unspecified atom stereocenters. The summed E-state index contributed by atoms with van der Waals surface area (Å²) in [6, 6.07) is 9.91. The van der Waals surface area contributed by atoms with Crippen molar-refractivity contribution < 1.29 is 38.5 Å². The number of amides is 2. The molecule has 10 heteroatoms. The van der Waals surface area contributed by atoms with E-state index in [2.05, 4.69) is 10.6 Å². The lowest BCUT2D eigenvalue weighted by Crippen LogP contribution is -2.42. The van der Waals surface area contributed by atoms with E-state index in [1.807, 2.05) is 24.3 Å². The van der Waals surface area contributed by atoms with Crippen LogP contribution in [0, 0.1) is 0 Å². The van der Waals surface area contributed by atoms with Gasteiger partial charge < -0.3 is 30.0 Å². The van der Waals surface area contributed by atoms with Crippen LogP contribution in [0.15, 0.2) is 36.4 Å². The summed E-state index contributed by atoms with van der Waals surface area (Å²) in [5.41, 5.74) is 0.528. The summed E-state index contributed by atoms with van der Waals surface area (Å²) >= 11 is 0. The fourth-order valence-electron chi connectivity index (χ4n) is 3.29. The number of benzene rings is 2. The van der Waals surface area contributed by atoms with Gasteiger partial charge in [0.25, 0.3) is 12.4 Å². The first-order valence-corrected chi connectivity index (χ1v) is 11.0. The van der Waals surface area contributed by atoms with Crippen molar-refractivity contribution in [3.63, 3.8) is 0 Å². The lowest BCUT2D eigenvalue weighted by molar-refractivity contribution is -0.154. The van der Waals surface area contributed by atoms with Crippen LogP contribution in [-0.2, 0) is 19.1 Å². The zero-order valence-corrected chi connectivity index (χ0v) is 19.2. The van der Waals surface area contributed by atoms with Gasteiger partial charge in [0, 0.05) is 18.5 Å². The van der Waals surface area contributed by atoms with Crippen LogP contribution in [0.5, 0.6) is 5.75 Å². The van der Waals surface area contributed by atoms with E-state index in [0.29, 0.717) is 31.4 Å². The zero-order chi connectivity index (χ0) is 24.9. The van der Waals surface area contributed by atoms with Crippen LogP contribution in [0.3, 0.4) is 0 Å². The minimum absolute atomic E-state index is 0.162. The number of unbranched alkanes of at least 4 members (excludes halogenated alkanes) is 1. The highest BCUT2D eigenvalue weighted by atomic mass is 16.7. The maximum Gasteiger partial charge on any atom is 0.410 e. The number of hydrogen-bond acceptors (Lipinski definition) is 7. The quantitative estimate of drug-likeness (QED) is 0.215. The molecule has 2 amide bonds. The third-order valence-corrected chi connectivity index (χ3v) is 5.08. The Morgan fingerprint density at radius 1 is 1.06 bits per heavy atom. The molecule has 3 N–H and O–H groups in total. The minimum Gasteiger partial charge on any atom is -0.497 e. The predicted octanol–water partition coefficient (Wildman–Crippen LogP) is 3.23. The van der Waals surface area contributed by atoms with E-state index in [9.17, 15) is 19.2 Å². The van der Waals surface area contributed by atoms with Gasteiger partial charge >= 0.3 is 12.1 Å². The third-order valence-electron chi connectivity index (χ3n) is 5.08. The number of nitrogens with one attached hydrogen (secondary N) is 2. The number of hydrogen-bond donors (Lipinski definition) is 3. The van der Waals surface area contributed by atoms with Crippen molar-refractivity contribution in [2.45, 2.75) is 51.4 Å². The first-order chi connectivity index (χ1) is 16.4. The van der Waals surface area contributed by atoms with Crippen LogP contribution in [-0.4, -0.2) is 55.5 Å². The number of carbonyl (C=O) groups is 4. The molecule has 0 saturated heterocycles. The molecule has 34 heavy (non-hydrogen) atoms. The van der Waals surface area contributed by atoms with E-state index in [0.717, 1.165) is 16.5 Å². The van der Waals surface area contributed by atoms with Gasteiger partial charge in [0.2, 0.25) is 6.29 Å². The summed E-state index contributed by atoms with van der Waals surface area (Å²) in [6.45, 7) is 2.32. The maximum absolute atomic E-state index is 12.4. The average Bonchev–Trinajstić information content (AvgIpc) is 2.82. The first-order valence-electron chi connectivity index (χ1n) is 11.0. The molecule has 0 aliphatic rings. The van der Waals surface area contributed by atoms with Gasteiger partial charge in [-0.3, -0.25) is 9.59 Å². The molecule has 0 bridgehead atoms. The highest BCUT2D eigenvalue weighted by Gasteiger charge is 2.22. The molecule has 0 heterocycles. The molecule has 0 fully saturated rings. The fraction of sp³-hybridized carbons (Fsp3) is 0.417. The molecule has 0 aliphatic heterocycles. The number of carbonyl (C=O) groups excluding carboxylic acids is 3. The monoisotopic (exact) mass is 474 g/mol. The van der Waals surface area contributed by atoms with Crippen molar-refractivity contribution in [3.8, 4) is 5.75 Å². The number of carboxylic acids is 1. The number of methoxy groups -OCH3 is 1. The Labute approximate surface area is 197 Å². The standard InChI is InChI=1S/C24H30N2O8/c1-3-6-20(23(29)30)26-24(31)34-21(33-15-27)7-4-5-12-25-22(28)18-9-8-17-14-19(32-2)11-10-16(17)13-18/h8-11,13-15,20-21H,3-7,12H2,1-2H3,(H,25,28)(H,26,31)(H,29,30)/t20-,21-/m0/s1. The Kier molecular flexibility index (Phi) is 10.6. The third kappa shape index (κ3) is 8.27. The molecule has 10 nitrogen and oxygen atoms in total. The smallest absolute Gasteiger partial charge is 0.410 e. The number of carboxylic acid groups (broad SMARTS) is 1. The minimum atomic E-state index is -1.17. The van der Waals surface area contributed by atoms with Gasteiger partial charge in [-0.25, -0.2) is 9.59 Å². The van der Waals surface area contributed by atoms with E-state index in [-0.39, 0.29) is 25.2 Å². The summed E-state index contributed by atoms with van der Waals surface area (Å²) in [5, 5.41) is 16.0. The van der Waals surface area contributed by atoms with Crippen LogP contribution in [0.4, 0.5) is 4.79 Å². The van der Waals surface area contributed by atoms with Gasteiger partial charge in [-0.15, -0.1) is 0 Å². The second-order valence-corrected chi connectivity index (χ2v) is 7.57. The van der Waals surface area contributed by atoms with E-state index in [1.54, 1.807) is 26.2 Å². The molecule has 0 aliphatic carbocycles. The van der Waals surface area contributed by atoms with Gasteiger partial charge in [-0.05, 0) is 54.3 Å². The molecular formula is C24H30N2O8. The summed E-state index contributed by atoms with van der Waals surface area (Å²) in [6.07, 6.45) is -0.0864. The molecule has 0 radical (unpaired) electrons. The highest BCUT2D eigenvalue weighted by Crippen LogP contribution is 2.21. The molecule has 2 atom stereocenters. The molecule has 184 valence electrons. The van der Waals surface area contributed by atoms with Crippen LogP contribution in [0.25, 0.3) is 10.8 Å². The number of alkyl carbamates (subject to hydrolysis) is 1. The Morgan fingerprint density at radius 2 is 1.79 bits per heavy atom. The second kappa shape index (κ2) is 13.7. The SMILES string of the molecule is CCC[C@H](NC(=O)O[C@@H](CCCCNC(=O)c1ccc2cc(OC)ccc2c1)OC=O)C(=O)O. The topological polar surface area (TPSA) is 140 Å². The first kappa shape index (κ1) is 26.4. The zero-order valence-electron chi connectivity index (χ0n) is 19.2. The Morgan fingerprint density at radius 3 is 2.47 bits per heavy atom. The normalized spacial score (nSPS) is 12.3. The molecule has 0 aromatic heterocycles. The maximum atomic E-state index is 12.4. The summed E-state index contributed by atoms with van der Waals surface area (Å²) < 4.78 is 15.0. The van der Waals surface area contributed by atoms with Crippen molar-refractivity contribution in [1.29, 1.82) is 0 Å². The van der Waals surface area contributed by atoms with Crippen LogP contribution >= 0.6 is 0 Å². The molecular weight excluding hydrogens is 444 g/mol. The van der Waals surface area contributed by atoms with Crippen molar-refractivity contribution >= 4 is 35.2 Å². The number of aliphatic carboxylic acids is 1.